The van der Waals surface area contributed by atoms with Gasteiger partial charge in [-0.05, 0) is 36.4 Å². The van der Waals surface area contributed by atoms with E-state index < -0.39 is 0 Å². The fourth-order valence-corrected chi connectivity index (χ4v) is 2.00. The second kappa shape index (κ2) is 8.77. The Bertz CT molecular complexity index is 345. The van der Waals surface area contributed by atoms with E-state index in [0.717, 1.165) is 29.4 Å². The van der Waals surface area contributed by atoms with Gasteiger partial charge in [0.2, 0.25) is 0 Å². The molecule has 0 fully saturated rings. The van der Waals surface area contributed by atoms with Crippen LogP contribution in [0, 0.1) is 11.3 Å². The Morgan fingerprint density at radius 1 is 1.18 bits per heavy atom. The van der Waals surface area contributed by atoms with Crippen LogP contribution in [0.5, 0.6) is 11.5 Å². The van der Waals surface area contributed by atoms with E-state index in [1.54, 1.807) is 7.11 Å². The predicted molar refractivity (Wildman–Crippen MR) is 70.7 cm³/mol. The van der Waals surface area contributed by atoms with Crippen LogP contribution in [0.3, 0.4) is 0 Å². The van der Waals surface area contributed by atoms with Crippen LogP contribution >= 0.6 is 11.8 Å². The molecule has 0 N–H and O–H groups in total. The molecule has 0 amide bonds. The van der Waals surface area contributed by atoms with Crippen molar-refractivity contribution in [3.05, 3.63) is 24.3 Å². The van der Waals surface area contributed by atoms with Crippen LogP contribution in [0.2, 0.25) is 0 Å². The summed E-state index contributed by atoms with van der Waals surface area (Å²) in [5.41, 5.74) is 0. The smallest absolute Gasteiger partial charge is 0.119 e. The standard InChI is InChI=1S/C13H17NO2S/c1-15-12-4-6-13(7-5-12)16-9-11-17-10-3-2-8-14/h4-7H,2-3,9-11H2,1H3. The Balaban J connectivity index is 2.08. The van der Waals surface area contributed by atoms with Crippen molar-refractivity contribution in [3.63, 3.8) is 0 Å². The number of benzene rings is 1. The van der Waals surface area contributed by atoms with E-state index in [9.17, 15) is 0 Å². The lowest BCUT2D eigenvalue weighted by atomic mass is 10.3. The molecule has 0 aliphatic carbocycles. The molecular weight excluding hydrogens is 234 g/mol. The third kappa shape index (κ3) is 6.08. The zero-order chi connectivity index (χ0) is 12.3. The quantitative estimate of drug-likeness (QED) is 0.666. The van der Waals surface area contributed by atoms with Gasteiger partial charge in [0.25, 0.3) is 0 Å². The molecule has 0 aromatic heterocycles. The highest BCUT2D eigenvalue weighted by atomic mass is 32.2. The molecular formula is C13H17NO2S. The molecule has 3 nitrogen and oxygen atoms in total. The van der Waals surface area contributed by atoms with Crippen LogP contribution in [0.1, 0.15) is 12.8 Å². The first-order valence-electron chi connectivity index (χ1n) is 5.58. The van der Waals surface area contributed by atoms with Crippen molar-refractivity contribution in [2.45, 2.75) is 12.8 Å². The van der Waals surface area contributed by atoms with E-state index in [1.807, 2.05) is 36.0 Å². The Morgan fingerprint density at radius 2 is 1.88 bits per heavy atom. The van der Waals surface area contributed by atoms with Gasteiger partial charge in [-0.1, -0.05) is 0 Å². The lowest BCUT2D eigenvalue weighted by Crippen LogP contribution is -2.00. The zero-order valence-corrected chi connectivity index (χ0v) is 10.8. The molecule has 17 heavy (non-hydrogen) atoms. The molecule has 0 aliphatic heterocycles. The molecule has 0 bridgehead atoms. The normalized spacial score (nSPS) is 9.65. The molecule has 0 heterocycles. The summed E-state index contributed by atoms with van der Waals surface area (Å²) >= 11 is 1.82. The second-order valence-electron chi connectivity index (χ2n) is 3.40. The fraction of sp³-hybridized carbons (Fsp3) is 0.462. The van der Waals surface area contributed by atoms with Crippen molar-refractivity contribution in [1.29, 1.82) is 5.26 Å². The monoisotopic (exact) mass is 251 g/mol. The van der Waals surface area contributed by atoms with Gasteiger partial charge < -0.3 is 9.47 Å². The van der Waals surface area contributed by atoms with Crippen LogP contribution in [-0.4, -0.2) is 25.2 Å². The molecule has 0 saturated carbocycles. The average Bonchev–Trinajstić information content (AvgIpc) is 2.38. The van der Waals surface area contributed by atoms with Crippen molar-refractivity contribution in [1.82, 2.24) is 0 Å². The molecule has 1 aromatic carbocycles. The summed E-state index contributed by atoms with van der Waals surface area (Å²) in [6, 6.07) is 9.71. The van der Waals surface area contributed by atoms with Crippen LogP contribution in [0.15, 0.2) is 24.3 Å². The minimum absolute atomic E-state index is 0.645. The molecule has 1 rings (SSSR count). The van der Waals surface area contributed by atoms with Gasteiger partial charge >= 0.3 is 0 Å². The van der Waals surface area contributed by atoms with Gasteiger partial charge in [0.05, 0.1) is 19.8 Å². The van der Waals surface area contributed by atoms with Gasteiger partial charge in [0.15, 0.2) is 0 Å². The number of nitriles is 1. The molecule has 4 heteroatoms. The number of rotatable bonds is 8. The highest BCUT2D eigenvalue weighted by molar-refractivity contribution is 7.99. The predicted octanol–water partition coefficient (Wildman–Crippen LogP) is 3.11. The van der Waals surface area contributed by atoms with Crippen molar-refractivity contribution >= 4 is 11.8 Å². The minimum Gasteiger partial charge on any atom is -0.497 e. The van der Waals surface area contributed by atoms with Crippen LogP contribution < -0.4 is 9.47 Å². The summed E-state index contributed by atoms with van der Waals surface area (Å²) < 4.78 is 10.6. The number of thioether (sulfide) groups is 1. The van der Waals surface area contributed by atoms with E-state index in [4.69, 9.17) is 14.7 Å². The number of methoxy groups -OCH3 is 1. The maximum absolute atomic E-state index is 8.37. The lowest BCUT2D eigenvalue weighted by Gasteiger charge is -2.06. The SMILES string of the molecule is COc1ccc(OCCSCCCC#N)cc1. The van der Waals surface area contributed by atoms with Gasteiger partial charge in [-0.2, -0.15) is 17.0 Å². The zero-order valence-electron chi connectivity index (χ0n) is 10.0. The number of hydrogen-bond acceptors (Lipinski definition) is 4. The Hall–Kier alpha value is -1.34. The van der Waals surface area contributed by atoms with Crippen molar-refractivity contribution < 1.29 is 9.47 Å². The molecule has 1 aromatic rings. The first-order chi connectivity index (χ1) is 8.36. The topological polar surface area (TPSA) is 42.2 Å². The van der Waals surface area contributed by atoms with E-state index in [1.165, 1.54) is 0 Å². The van der Waals surface area contributed by atoms with Crippen molar-refractivity contribution in [2.24, 2.45) is 0 Å². The fourth-order valence-electron chi connectivity index (χ4n) is 1.25. The molecule has 0 unspecified atom stereocenters. The first-order valence-corrected chi connectivity index (χ1v) is 6.74. The molecule has 0 saturated heterocycles. The Kier molecular flexibility index (Phi) is 7.08. The molecule has 0 aliphatic rings. The summed E-state index contributed by atoms with van der Waals surface area (Å²) in [5, 5.41) is 8.37. The first kappa shape index (κ1) is 13.7. The van der Waals surface area contributed by atoms with E-state index in [2.05, 4.69) is 6.07 Å². The summed E-state index contributed by atoms with van der Waals surface area (Å²) in [4.78, 5) is 0. The summed E-state index contributed by atoms with van der Waals surface area (Å²) in [6.45, 7) is 0.698. The van der Waals surface area contributed by atoms with Gasteiger partial charge in [0, 0.05) is 12.2 Å². The summed E-state index contributed by atoms with van der Waals surface area (Å²) in [7, 11) is 1.65. The van der Waals surface area contributed by atoms with Crippen LogP contribution in [0.25, 0.3) is 0 Å². The minimum atomic E-state index is 0.645. The Morgan fingerprint density at radius 3 is 2.53 bits per heavy atom. The summed E-state index contributed by atoms with van der Waals surface area (Å²) in [5.74, 6) is 3.68. The van der Waals surface area contributed by atoms with E-state index in [-0.39, 0.29) is 0 Å². The molecule has 92 valence electrons. The number of nitrogens with zero attached hydrogens (tertiary/aromatic N) is 1. The third-order valence-corrected chi connectivity index (χ3v) is 3.17. The molecule has 0 spiro atoms. The second-order valence-corrected chi connectivity index (χ2v) is 4.62. The van der Waals surface area contributed by atoms with Gasteiger partial charge in [-0.25, -0.2) is 0 Å². The number of hydrogen-bond donors (Lipinski definition) is 0. The number of unbranched alkanes of at least 4 members (excludes halogenated alkanes) is 1. The van der Waals surface area contributed by atoms with Crippen LogP contribution in [0.4, 0.5) is 0 Å². The highest BCUT2D eigenvalue weighted by Crippen LogP contribution is 2.17. The molecule has 0 atom stereocenters. The maximum atomic E-state index is 8.37. The summed E-state index contributed by atoms with van der Waals surface area (Å²) in [6.07, 6.45) is 1.61. The van der Waals surface area contributed by atoms with Crippen molar-refractivity contribution in [3.8, 4) is 17.6 Å². The van der Waals surface area contributed by atoms with E-state index in [0.29, 0.717) is 13.0 Å². The van der Waals surface area contributed by atoms with Gasteiger partial charge in [-0.15, -0.1) is 0 Å². The van der Waals surface area contributed by atoms with E-state index >= 15 is 0 Å². The number of ether oxygens (including phenoxy) is 2. The largest absolute Gasteiger partial charge is 0.497 e. The Labute approximate surface area is 107 Å². The van der Waals surface area contributed by atoms with Gasteiger partial charge in [0.1, 0.15) is 11.5 Å². The highest BCUT2D eigenvalue weighted by Gasteiger charge is 1.95. The molecule has 0 radical (unpaired) electrons. The average molecular weight is 251 g/mol. The van der Waals surface area contributed by atoms with Crippen LogP contribution in [-0.2, 0) is 0 Å². The van der Waals surface area contributed by atoms with Crippen molar-refractivity contribution in [2.75, 3.05) is 25.2 Å². The lowest BCUT2D eigenvalue weighted by molar-refractivity contribution is 0.342. The third-order valence-electron chi connectivity index (χ3n) is 2.13. The maximum Gasteiger partial charge on any atom is 0.119 e. The van der Waals surface area contributed by atoms with Gasteiger partial charge in [-0.3, -0.25) is 0 Å².